The smallest absolute Gasteiger partial charge is 0.328 e. The Bertz CT molecular complexity index is 1040. The summed E-state index contributed by atoms with van der Waals surface area (Å²) in [6.07, 6.45) is 3.18. The third-order valence-electron chi connectivity index (χ3n) is 5.68. The molecule has 196 valence electrons. The van der Waals surface area contributed by atoms with E-state index in [4.69, 9.17) is 14.2 Å². The molecule has 0 bridgehead atoms. The Morgan fingerprint density at radius 1 is 1.03 bits per heavy atom. The van der Waals surface area contributed by atoms with Crippen molar-refractivity contribution in [2.45, 2.75) is 66.0 Å². The molecule has 0 radical (unpaired) electrons. The first-order valence-electron chi connectivity index (χ1n) is 12.1. The molecule has 0 spiro atoms. The summed E-state index contributed by atoms with van der Waals surface area (Å²) < 4.78 is 29.3. The molecule has 0 aliphatic carbocycles. The number of rotatable bonds is 12. The highest BCUT2D eigenvalue weighted by Crippen LogP contribution is 2.30. The Balaban J connectivity index is 2.00. The normalized spacial score (nSPS) is 13.4. The summed E-state index contributed by atoms with van der Waals surface area (Å²) in [5.41, 5.74) is 0.837. The summed E-state index contributed by atoms with van der Waals surface area (Å²) in [4.78, 5) is 41.7. The number of carbonyl (C=O) groups is 3. The Hall–Kier alpha value is -3.49. The molecular weight excluding hydrogens is 467 g/mol. The second-order valence-electron chi connectivity index (χ2n) is 9.05. The van der Waals surface area contributed by atoms with Crippen LogP contribution in [0.15, 0.2) is 36.5 Å². The zero-order chi connectivity index (χ0) is 26.8. The van der Waals surface area contributed by atoms with Crippen LogP contribution in [-0.2, 0) is 20.7 Å². The molecule has 1 N–H and O–H groups in total. The second kappa shape index (κ2) is 13.6. The molecule has 0 aliphatic rings. The molecule has 1 amide bonds. The maximum Gasteiger partial charge on any atom is 0.328 e. The van der Waals surface area contributed by atoms with E-state index in [9.17, 15) is 18.8 Å². The number of nitrogens with zero attached hydrogens (tertiary/aromatic N) is 1. The SMILES string of the molecule is CCC(Cc1ccc(F)cc1)CC(C)OC(=O)[C@H](C)NC(=O)c1nccc(OC)c1OC(=O)C(C)C. The fourth-order valence-electron chi connectivity index (χ4n) is 3.56. The molecule has 0 aliphatic heterocycles. The molecule has 2 unspecified atom stereocenters. The predicted molar refractivity (Wildman–Crippen MR) is 132 cm³/mol. The fraction of sp³-hybridized carbons (Fsp3) is 0.481. The first-order chi connectivity index (χ1) is 17.0. The molecule has 1 heterocycles. The van der Waals surface area contributed by atoms with Gasteiger partial charge in [0.25, 0.3) is 5.91 Å². The van der Waals surface area contributed by atoms with Crippen molar-refractivity contribution in [3.05, 3.63) is 53.6 Å². The summed E-state index contributed by atoms with van der Waals surface area (Å²) >= 11 is 0. The van der Waals surface area contributed by atoms with E-state index < -0.39 is 29.8 Å². The third kappa shape index (κ3) is 8.32. The Labute approximate surface area is 211 Å². The number of hydrogen-bond acceptors (Lipinski definition) is 7. The zero-order valence-corrected chi connectivity index (χ0v) is 21.7. The van der Waals surface area contributed by atoms with Gasteiger partial charge >= 0.3 is 11.9 Å². The number of halogens is 1. The van der Waals surface area contributed by atoms with Crippen molar-refractivity contribution in [3.63, 3.8) is 0 Å². The van der Waals surface area contributed by atoms with Gasteiger partial charge in [0.15, 0.2) is 11.4 Å². The van der Waals surface area contributed by atoms with Crippen molar-refractivity contribution in [1.29, 1.82) is 0 Å². The Kier molecular flexibility index (Phi) is 10.8. The minimum atomic E-state index is -0.973. The van der Waals surface area contributed by atoms with Crippen molar-refractivity contribution < 1.29 is 33.0 Å². The molecule has 0 saturated heterocycles. The van der Waals surface area contributed by atoms with E-state index in [-0.39, 0.29) is 35.0 Å². The number of ether oxygens (including phenoxy) is 3. The largest absolute Gasteiger partial charge is 0.493 e. The molecule has 36 heavy (non-hydrogen) atoms. The second-order valence-corrected chi connectivity index (χ2v) is 9.05. The number of amides is 1. The van der Waals surface area contributed by atoms with Crippen LogP contribution in [0.3, 0.4) is 0 Å². The standard InChI is InChI=1S/C27H35FN2O6/c1-7-19(15-20-8-10-21(28)11-9-20)14-17(4)35-27(33)18(5)30-25(31)23-24(36-26(32)16(2)3)22(34-6)12-13-29-23/h8-13,16-19H,7,14-15H2,1-6H3,(H,30,31)/t17?,18-,19?/m0/s1. The molecule has 0 fully saturated rings. The van der Waals surface area contributed by atoms with Gasteiger partial charge in [-0.3, -0.25) is 9.59 Å². The molecule has 9 heteroatoms. The van der Waals surface area contributed by atoms with Gasteiger partial charge in [-0.05, 0) is 50.3 Å². The molecule has 2 rings (SSSR count). The van der Waals surface area contributed by atoms with Crippen LogP contribution < -0.4 is 14.8 Å². The van der Waals surface area contributed by atoms with E-state index in [0.717, 1.165) is 18.4 Å². The van der Waals surface area contributed by atoms with Crippen molar-refractivity contribution in [3.8, 4) is 11.5 Å². The van der Waals surface area contributed by atoms with Crippen molar-refractivity contribution in [2.75, 3.05) is 7.11 Å². The number of hydrogen-bond donors (Lipinski definition) is 1. The highest BCUT2D eigenvalue weighted by molar-refractivity contribution is 5.98. The number of esters is 2. The third-order valence-corrected chi connectivity index (χ3v) is 5.68. The summed E-state index contributed by atoms with van der Waals surface area (Å²) in [5, 5.41) is 2.55. The lowest BCUT2D eigenvalue weighted by Gasteiger charge is -2.22. The van der Waals surface area contributed by atoms with Gasteiger partial charge in [-0.2, -0.15) is 0 Å². The summed E-state index contributed by atoms with van der Waals surface area (Å²) in [5.74, 6) is -2.28. The van der Waals surface area contributed by atoms with Gasteiger partial charge < -0.3 is 19.5 Å². The van der Waals surface area contributed by atoms with Crippen LogP contribution in [0.4, 0.5) is 4.39 Å². The number of benzene rings is 1. The Morgan fingerprint density at radius 2 is 1.69 bits per heavy atom. The van der Waals surface area contributed by atoms with Gasteiger partial charge in [-0.25, -0.2) is 14.2 Å². The average molecular weight is 503 g/mol. The van der Waals surface area contributed by atoms with Crippen LogP contribution in [0.1, 0.15) is 63.5 Å². The van der Waals surface area contributed by atoms with Gasteiger partial charge in [0, 0.05) is 12.3 Å². The van der Waals surface area contributed by atoms with E-state index in [1.54, 1.807) is 32.9 Å². The lowest BCUT2D eigenvalue weighted by Crippen LogP contribution is -2.41. The lowest BCUT2D eigenvalue weighted by molar-refractivity contribution is -0.150. The van der Waals surface area contributed by atoms with Crippen LogP contribution in [0.25, 0.3) is 0 Å². The Morgan fingerprint density at radius 3 is 2.28 bits per heavy atom. The van der Waals surface area contributed by atoms with E-state index in [1.807, 2.05) is 0 Å². The number of nitrogens with one attached hydrogen (secondary N) is 1. The predicted octanol–water partition coefficient (Wildman–Crippen LogP) is 4.50. The van der Waals surface area contributed by atoms with E-state index in [0.29, 0.717) is 6.42 Å². The van der Waals surface area contributed by atoms with E-state index >= 15 is 0 Å². The first kappa shape index (κ1) is 28.7. The van der Waals surface area contributed by atoms with Crippen LogP contribution in [-0.4, -0.2) is 42.1 Å². The average Bonchev–Trinajstić information content (AvgIpc) is 2.84. The highest BCUT2D eigenvalue weighted by atomic mass is 19.1. The molecule has 1 aromatic carbocycles. The molecule has 8 nitrogen and oxygen atoms in total. The molecule has 3 atom stereocenters. The van der Waals surface area contributed by atoms with Gasteiger partial charge in [-0.1, -0.05) is 39.3 Å². The molecule has 1 aromatic heterocycles. The molecule has 0 saturated carbocycles. The fourth-order valence-corrected chi connectivity index (χ4v) is 3.56. The molecule has 2 aromatic rings. The monoisotopic (exact) mass is 502 g/mol. The van der Waals surface area contributed by atoms with Crippen LogP contribution in [0, 0.1) is 17.7 Å². The zero-order valence-electron chi connectivity index (χ0n) is 21.7. The van der Waals surface area contributed by atoms with Crippen molar-refractivity contribution in [2.24, 2.45) is 11.8 Å². The molecular formula is C27H35FN2O6. The highest BCUT2D eigenvalue weighted by Gasteiger charge is 2.27. The van der Waals surface area contributed by atoms with Crippen molar-refractivity contribution >= 4 is 17.8 Å². The summed E-state index contributed by atoms with van der Waals surface area (Å²) in [6.45, 7) is 8.67. The number of carbonyl (C=O) groups excluding carboxylic acids is 3. The van der Waals surface area contributed by atoms with Crippen LogP contribution in [0.2, 0.25) is 0 Å². The van der Waals surface area contributed by atoms with Crippen molar-refractivity contribution in [1.82, 2.24) is 10.3 Å². The topological polar surface area (TPSA) is 104 Å². The van der Waals surface area contributed by atoms with Gasteiger partial charge in [-0.15, -0.1) is 0 Å². The number of methoxy groups -OCH3 is 1. The maximum atomic E-state index is 13.2. The quantitative estimate of drug-likeness (QED) is 0.426. The lowest BCUT2D eigenvalue weighted by atomic mass is 9.92. The maximum absolute atomic E-state index is 13.2. The van der Waals surface area contributed by atoms with Gasteiger partial charge in [0.2, 0.25) is 5.75 Å². The first-order valence-corrected chi connectivity index (χ1v) is 12.1. The van der Waals surface area contributed by atoms with Gasteiger partial charge in [0.05, 0.1) is 19.1 Å². The van der Waals surface area contributed by atoms with E-state index in [1.165, 1.54) is 38.4 Å². The minimum absolute atomic E-state index is 0.114. The minimum Gasteiger partial charge on any atom is -0.493 e. The summed E-state index contributed by atoms with van der Waals surface area (Å²) in [7, 11) is 1.38. The number of aromatic nitrogens is 1. The number of pyridine rings is 1. The summed E-state index contributed by atoms with van der Waals surface area (Å²) in [6, 6.07) is 6.87. The van der Waals surface area contributed by atoms with Crippen LogP contribution in [0.5, 0.6) is 11.5 Å². The van der Waals surface area contributed by atoms with Crippen LogP contribution >= 0.6 is 0 Å². The van der Waals surface area contributed by atoms with E-state index in [2.05, 4.69) is 17.2 Å². The van der Waals surface area contributed by atoms with Gasteiger partial charge in [0.1, 0.15) is 11.9 Å².